The maximum Gasteiger partial charge on any atom is 0.0589 e. The van der Waals surface area contributed by atoms with Crippen molar-refractivity contribution in [3.05, 3.63) is 0 Å². The van der Waals surface area contributed by atoms with Gasteiger partial charge < -0.3 is 15.0 Å². The molecular formula is C15H32N2O. The van der Waals surface area contributed by atoms with E-state index in [1.165, 1.54) is 51.7 Å². The summed E-state index contributed by atoms with van der Waals surface area (Å²) in [4.78, 5) is 2.52. The van der Waals surface area contributed by atoms with E-state index in [1.54, 1.807) is 0 Å². The molecule has 1 aliphatic rings. The normalized spacial score (nSPS) is 24.7. The lowest BCUT2D eigenvalue weighted by atomic mass is 10.0. The third-order valence-electron chi connectivity index (χ3n) is 3.83. The molecular weight excluding hydrogens is 224 g/mol. The van der Waals surface area contributed by atoms with E-state index in [4.69, 9.17) is 4.74 Å². The predicted octanol–water partition coefficient (Wildman–Crippen LogP) is 2.66. The van der Waals surface area contributed by atoms with Crippen LogP contribution >= 0.6 is 0 Å². The number of hydrogen-bond donors (Lipinski definition) is 1. The van der Waals surface area contributed by atoms with Crippen LogP contribution in [0.1, 0.15) is 52.9 Å². The fraction of sp³-hybridized carbons (Fsp3) is 1.00. The lowest BCUT2D eigenvalue weighted by Crippen LogP contribution is -2.42. The summed E-state index contributed by atoms with van der Waals surface area (Å²) in [7, 11) is 0. The van der Waals surface area contributed by atoms with E-state index >= 15 is 0 Å². The zero-order valence-electron chi connectivity index (χ0n) is 12.6. The fourth-order valence-corrected chi connectivity index (χ4v) is 2.76. The molecule has 0 aliphatic carbocycles. The summed E-state index contributed by atoms with van der Waals surface area (Å²) >= 11 is 0. The minimum Gasteiger partial charge on any atom is -0.378 e. The van der Waals surface area contributed by atoms with Crippen molar-refractivity contribution in [3.8, 4) is 0 Å². The second kappa shape index (κ2) is 9.76. The SMILES string of the molecule is CCCC1CC(NCCN(CC)CCC)CCO1. The largest absolute Gasteiger partial charge is 0.378 e. The van der Waals surface area contributed by atoms with Crippen molar-refractivity contribution in [2.75, 3.05) is 32.8 Å². The van der Waals surface area contributed by atoms with Gasteiger partial charge in [-0.1, -0.05) is 27.2 Å². The first-order valence-electron chi connectivity index (χ1n) is 7.87. The molecule has 1 saturated heterocycles. The highest BCUT2D eigenvalue weighted by atomic mass is 16.5. The molecule has 0 amide bonds. The Balaban J connectivity index is 2.14. The van der Waals surface area contributed by atoms with E-state index in [2.05, 4.69) is 31.0 Å². The monoisotopic (exact) mass is 256 g/mol. The Morgan fingerprint density at radius 1 is 1.17 bits per heavy atom. The molecule has 2 atom stereocenters. The van der Waals surface area contributed by atoms with E-state index in [9.17, 15) is 0 Å². The number of nitrogens with one attached hydrogen (secondary N) is 1. The van der Waals surface area contributed by atoms with Gasteiger partial charge in [0.2, 0.25) is 0 Å². The first kappa shape index (κ1) is 15.9. The van der Waals surface area contributed by atoms with Crippen molar-refractivity contribution >= 4 is 0 Å². The Bertz CT molecular complexity index is 197. The smallest absolute Gasteiger partial charge is 0.0589 e. The molecule has 0 spiro atoms. The van der Waals surface area contributed by atoms with Gasteiger partial charge in [-0.05, 0) is 38.8 Å². The van der Waals surface area contributed by atoms with Gasteiger partial charge in [-0.3, -0.25) is 0 Å². The molecule has 0 aromatic carbocycles. The molecule has 108 valence electrons. The summed E-state index contributed by atoms with van der Waals surface area (Å²) < 4.78 is 5.79. The molecule has 0 aromatic heterocycles. The Hall–Kier alpha value is -0.120. The van der Waals surface area contributed by atoms with Crippen LogP contribution in [0.15, 0.2) is 0 Å². The lowest BCUT2D eigenvalue weighted by Gasteiger charge is -2.31. The molecule has 0 saturated carbocycles. The standard InChI is InChI=1S/C15H32N2O/c1-4-7-15-13-14(8-12-18-15)16-9-11-17(6-3)10-5-2/h14-16H,4-13H2,1-3H3. The predicted molar refractivity (Wildman–Crippen MR) is 78.1 cm³/mol. The molecule has 1 heterocycles. The Labute approximate surface area is 113 Å². The van der Waals surface area contributed by atoms with Gasteiger partial charge in [0.15, 0.2) is 0 Å². The van der Waals surface area contributed by atoms with Crippen molar-refractivity contribution in [3.63, 3.8) is 0 Å². The third kappa shape index (κ3) is 6.17. The summed E-state index contributed by atoms with van der Waals surface area (Å²) in [5.41, 5.74) is 0. The van der Waals surface area contributed by atoms with E-state index in [0.717, 1.165) is 13.2 Å². The summed E-state index contributed by atoms with van der Waals surface area (Å²) in [5.74, 6) is 0. The Kier molecular flexibility index (Phi) is 8.64. The average Bonchev–Trinajstić information content (AvgIpc) is 2.38. The molecule has 18 heavy (non-hydrogen) atoms. The highest BCUT2D eigenvalue weighted by molar-refractivity contribution is 4.77. The van der Waals surface area contributed by atoms with Crippen LogP contribution in [0, 0.1) is 0 Å². The van der Waals surface area contributed by atoms with Gasteiger partial charge in [0.1, 0.15) is 0 Å². The highest BCUT2D eigenvalue weighted by Crippen LogP contribution is 2.17. The van der Waals surface area contributed by atoms with Gasteiger partial charge in [0.25, 0.3) is 0 Å². The van der Waals surface area contributed by atoms with E-state index in [0.29, 0.717) is 12.1 Å². The van der Waals surface area contributed by atoms with Crippen molar-refractivity contribution < 1.29 is 4.74 Å². The molecule has 0 bridgehead atoms. The molecule has 1 N–H and O–H groups in total. The maximum atomic E-state index is 5.79. The van der Waals surface area contributed by atoms with Gasteiger partial charge in [-0.2, -0.15) is 0 Å². The zero-order valence-corrected chi connectivity index (χ0v) is 12.6. The van der Waals surface area contributed by atoms with Crippen molar-refractivity contribution in [1.29, 1.82) is 0 Å². The molecule has 3 heteroatoms. The topological polar surface area (TPSA) is 24.5 Å². The van der Waals surface area contributed by atoms with Crippen LogP contribution in [0.2, 0.25) is 0 Å². The summed E-state index contributed by atoms with van der Waals surface area (Å²) in [5, 5.41) is 3.71. The maximum absolute atomic E-state index is 5.79. The number of hydrogen-bond acceptors (Lipinski definition) is 3. The Morgan fingerprint density at radius 2 is 2.00 bits per heavy atom. The van der Waals surface area contributed by atoms with Crippen LogP contribution in [0.3, 0.4) is 0 Å². The van der Waals surface area contributed by atoms with E-state index < -0.39 is 0 Å². The number of ether oxygens (including phenoxy) is 1. The first-order chi connectivity index (χ1) is 8.80. The van der Waals surface area contributed by atoms with Crippen LogP contribution < -0.4 is 5.32 Å². The first-order valence-corrected chi connectivity index (χ1v) is 7.87. The number of nitrogens with zero attached hydrogens (tertiary/aromatic N) is 1. The van der Waals surface area contributed by atoms with Gasteiger partial charge in [-0.25, -0.2) is 0 Å². The van der Waals surface area contributed by atoms with Crippen molar-refractivity contribution in [2.45, 2.75) is 65.0 Å². The molecule has 1 fully saturated rings. The molecule has 2 unspecified atom stereocenters. The van der Waals surface area contributed by atoms with Crippen LogP contribution in [-0.4, -0.2) is 49.8 Å². The second-order valence-corrected chi connectivity index (χ2v) is 5.39. The second-order valence-electron chi connectivity index (χ2n) is 5.39. The van der Waals surface area contributed by atoms with Gasteiger partial charge >= 0.3 is 0 Å². The third-order valence-corrected chi connectivity index (χ3v) is 3.83. The quantitative estimate of drug-likeness (QED) is 0.686. The Morgan fingerprint density at radius 3 is 2.67 bits per heavy atom. The van der Waals surface area contributed by atoms with E-state index in [1.807, 2.05) is 0 Å². The summed E-state index contributed by atoms with van der Waals surface area (Å²) in [6.45, 7) is 12.4. The molecule has 0 aromatic rings. The van der Waals surface area contributed by atoms with E-state index in [-0.39, 0.29) is 0 Å². The average molecular weight is 256 g/mol. The minimum absolute atomic E-state index is 0.499. The molecule has 1 rings (SSSR count). The van der Waals surface area contributed by atoms with Crippen LogP contribution in [0.5, 0.6) is 0 Å². The van der Waals surface area contributed by atoms with Crippen molar-refractivity contribution in [1.82, 2.24) is 10.2 Å². The van der Waals surface area contributed by atoms with Crippen molar-refractivity contribution in [2.24, 2.45) is 0 Å². The van der Waals surface area contributed by atoms with Gasteiger partial charge in [-0.15, -0.1) is 0 Å². The summed E-state index contributed by atoms with van der Waals surface area (Å²) in [6, 6.07) is 0.677. The zero-order chi connectivity index (χ0) is 13.2. The van der Waals surface area contributed by atoms with Crippen LogP contribution in [0.4, 0.5) is 0 Å². The molecule has 3 nitrogen and oxygen atoms in total. The lowest BCUT2D eigenvalue weighted by molar-refractivity contribution is -0.00337. The number of rotatable bonds is 9. The summed E-state index contributed by atoms with van der Waals surface area (Å²) in [6.07, 6.45) is 6.59. The minimum atomic E-state index is 0.499. The number of likely N-dealkylation sites (N-methyl/N-ethyl adjacent to an activating group) is 1. The van der Waals surface area contributed by atoms with Crippen LogP contribution in [-0.2, 0) is 4.74 Å². The fourth-order valence-electron chi connectivity index (χ4n) is 2.76. The molecule has 0 radical (unpaired) electrons. The molecule has 1 aliphatic heterocycles. The van der Waals surface area contributed by atoms with Crippen LogP contribution in [0.25, 0.3) is 0 Å². The highest BCUT2D eigenvalue weighted by Gasteiger charge is 2.21. The van der Waals surface area contributed by atoms with Gasteiger partial charge in [0, 0.05) is 25.7 Å². The van der Waals surface area contributed by atoms with Gasteiger partial charge in [0.05, 0.1) is 6.10 Å².